The van der Waals surface area contributed by atoms with Gasteiger partial charge in [-0.15, -0.1) is 11.6 Å². The summed E-state index contributed by atoms with van der Waals surface area (Å²) in [5, 5.41) is 23.6. The van der Waals surface area contributed by atoms with Crippen LogP contribution in [0, 0.1) is 34.5 Å². The van der Waals surface area contributed by atoms with Gasteiger partial charge >= 0.3 is 0 Å². The number of aliphatic hydroxyl groups is 2. The van der Waals surface area contributed by atoms with E-state index in [1.54, 1.807) is 0 Å². The van der Waals surface area contributed by atoms with Gasteiger partial charge in [0.2, 0.25) is 0 Å². The summed E-state index contributed by atoms with van der Waals surface area (Å²) in [7, 11) is 0. The molecule has 2 aliphatic heterocycles. The number of halogens is 1. The van der Waals surface area contributed by atoms with E-state index in [0.29, 0.717) is 51.1 Å². The third kappa shape index (κ3) is 2.58. The zero-order chi connectivity index (χ0) is 22.6. The maximum Gasteiger partial charge on any atom is 0.195 e. The first-order valence-electron chi connectivity index (χ1n) is 12.7. The molecule has 2 N–H and O–H groups in total. The molecule has 4 saturated carbocycles. The van der Waals surface area contributed by atoms with Crippen LogP contribution in [0.1, 0.15) is 65.7 Å². The van der Waals surface area contributed by atoms with E-state index in [9.17, 15) is 10.2 Å². The van der Waals surface area contributed by atoms with Crippen LogP contribution in [0.3, 0.4) is 0 Å². The molecule has 2 saturated heterocycles. The Balaban J connectivity index is 1.33. The molecule has 182 valence electrons. The lowest BCUT2D eigenvalue weighted by atomic mass is 9.43. The average molecular weight is 471 g/mol. The van der Waals surface area contributed by atoms with Crippen LogP contribution < -0.4 is 0 Å². The largest absolute Gasteiger partial charge is 0.393 e. The Labute approximate surface area is 196 Å². The van der Waals surface area contributed by atoms with E-state index < -0.39 is 28.7 Å². The first kappa shape index (κ1) is 22.5. The summed E-state index contributed by atoms with van der Waals surface area (Å²) in [4.78, 5) is 0. The van der Waals surface area contributed by atoms with E-state index >= 15 is 0 Å². The average Bonchev–Trinajstić information content (AvgIpc) is 3.46. The van der Waals surface area contributed by atoms with E-state index in [-0.39, 0.29) is 22.6 Å². The molecule has 0 unspecified atom stereocenters. The Morgan fingerprint density at radius 1 is 0.812 bits per heavy atom. The molecule has 32 heavy (non-hydrogen) atoms. The predicted octanol–water partition coefficient (Wildman–Crippen LogP) is 3.45. The fourth-order valence-electron chi connectivity index (χ4n) is 9.63. The highest BCUT2D eigenvalue weighted by Crippen LogP contribution is 2.71. The summed E-state index contributed by atoms with van der Waals surface area (Å²) in [6.07, 6.45) is 5.48. The van der Waals surface area contributed by atoms with Crippen molar-refractivity contribution in [1.82, 2.24) is 0 Å². The zero-order valence-electron chi connectivity index (χ0n) is 19.6. The van der Waals surface area contributed by atoms with Crippen molar-refractivity contribution in [1.29, 1.82) is 0 Å². The number of alkyl halides is 1. The van der Waals surface area contributed by atoms with Crippen LogP contribution in [0.25, 0.3) is 0 Å². The monoisotopic (exact) mass is 470 g/mol. The van der Waals surface area contributed by atoms with Crippen molar-refractivity contribution in [2.45, 2.75) is 94.4 Å². The molecule has 7 heteroatoms. The standard InChI is InChI=1S/C25H39ClO6/c1-21-8-9-24(31-12-13-32-24)20(26)17(21)5-4-15-16-6-7-25(28,23(3)29-10-11-30-23)22(16,2)14-18(27)19(15)21/h15-20,27-28H,4-14H2,1-3H3/t15-,16-,17-,18+,19+,20+,21-,22-,25+/m0/s1. The van der Waals surface area contributed by atoms with Crippen LogP contribution in [0.4, 0.5) is 0 Å². The van der Waals surface area contributed by atoms with Crippen molar-refractivity contribution in [3.63, 3.8) is 0 Å². The van der Waals surface area contributed by atoms with Gasteiger partial charge in [-0.2, -0.15) is 0 Å². The lowest BCUT2D eigenvalue weighted by molar-refractivity contribution is -0.309. The number of rotatable bonds is 1. The van der Waals surface area contributed by atoms with Crippen LogP contribution in [0.15, 0.2) is 0 Å². The Bertz CT molecular complexity index is 766. The van der Waals surface area contributed by atoms with Crippen molar-refractivity contribution in [2.24, 2.45) is 34.5 Å². The second-order valence-electron chi connectivity index (χ2n) is 12.1. The molecule has 0 amide bonds. The predicted molar refractivity (Wildman–Crippen MR) is 118 cm³/mol. The van der Waals surface area contributed by atoms with E-state index in [1.807, 2.05) is 6.92 Å². The molecule has 4 aliphatic carbocycles. The molecule has 0 aromatic heterocycles. The van der Waals surface area contributed by atoms with E-state index in [0.717, 1.165) is 32.1 Å². The first-order valence-corrected chi connectivity index (χ1v) is 13.1. The molecule has 2 heterocycles. The van der Waals surface area contributed by atoms with Crippen LogP contribution >= 0.6 is 11.6 Å². The van der Waals surface area contributed by atoms with Crippen molar-refractivity contribution in [3.8, 4) is 0 Å². The number of ether oxygens (including phenoxy) is 4. The molecule has 6 fully saturated rings. The summed E-state index contributed by atoms with van der Waals surface area (Å²) in [6, 6.07) is 0. The molecule has 0 aromatic rings. The van der Waals surface area contributed by atoms with Crippen molar-refractivity contribution in [2.75, 3.05) is 26.4 Å². The SMILES string of the molecule is CC1([C@@]2(O)CC[C@H]3[C@@H]4CC[C@H]5[C@@H](Cl)C6(CC[C@]5(C)[C@H]4[C@H](O)C[C@@]32C)OCCO6)OCCO1. The van der Waals surface area contributed by atoms with Crippen molar-refractivity contribution in [3.05, 3.63) is 0 Å². The molecule has 9 atom stereocenters. The van der Waals surface area contributed by atoms with Crippen LogP contribution in [-0.2, 0) is 18.9 Å². The smallest absolute Gasteiger partial charge is 0.195 e. The van der Waals surface area contributed by atoms with Gasteiger partial charge in [0.25, 0.3) is 0 Å². The maximum atomic E-state index is 12.1. The number of hydrogen-bond donors (Lipinski definition) is 2. The first-order chi connectivity index (χ1) is 15.1. The number of fused-ring (bicyclic) bond motifs is 5. The van der Waals surface area contributed by atoms with Crippen LogP contribution in [0.5, 0.6) is 0 Å². The molecule has 0 bridgehead atoms. The molecule has 6 rings (SSSR count). The Hall–Kier alpha value is 0.0500. The maximum absolute atomic E-state index is 12.1. The normalized spacial score (nSPS) is 56.1. The van der Waals surface area contributed by atoms with E-state index in [1.165, 1.54) is 0 Å². The molecule has 0 radical (unpaired) electrons. The van der Waals surface area contributed by atoms with Crippen LogP contribution in [-0.4, -0.2) is 65.3 Å². The molecular formula is C25H39ClO6. The Morgan fingerprint density at radius 2 is 1.47 bits per heavy atom. The minimum atomic E-state index is -1.10. The molecule has 6 nitrogen and oxygen atoms in total. The second kappa shape index (κ2) is 7.05. The molecule has 6 aliphatic rings. The lowest BCUT2D eigenvalue weighted by Gasteiger charge is -2.65. The Kier molecular flexibility index (Phi) is 4.96. The van der Waals surface area contributed by atoms with Gasteiger partial charge < -0.3 is 29.2 Å². The van der Waals surface area contributed by atoms with Gasteiger partial charge in [-0.1, -0.05) is 13.8 Å². The van der Waals surface area contributed by atoms with Gasteiger partial charge in [0.15, 0.2) is 11.6 Å². The minimum Gasteiger partial charge on any atom is -0.393 e. The third-order valence-corrected chi connectivity index (χ3v) is 11.8. The highest BCUT2D eigenvalue weighted by Gasteiger charge is 2.73. The summed E-state index contributed by atoms with van der Waals surface area (Å²) in [5.41, 5.74) is -1.59. The molecule has 1 spiro atoms. The molecular weight excluding hydrogens is 432 g/mol. The third-order valence-electron chi connectivity index (χ3n) is 11.2. The summed E-state index contributed by atoms with van der Waals surface area (Å²) < 4.78 is 24.1. The van der Waals surface area contributed by atoms with Gasteiger partial charge in [0.05, 0.1) is 37.9 Å². The van der Waals surface area contributed by atoms with Gasteiger partial charge in [-0.05, 0) is 74.5 Å². The van der Waals surface area contributed by atoms with Crippen molar-refractivity contribution >= 4 is 11.6 Å². The van der Waals surface area contributed by atoms with Gasteiger partial charge in [-0.25, -0.2) is 0 Å². The van der Waals surface area contributed by atoms with Crippen molar-refractivity contribution < 1.29 is 29.2 Å². The zero-order valence-corrected chi connectivity index (χ0v) is 20.4. The highest BCUT2D eigenvalue weighted by molar-refractivity contribution is 6.21. The van der Waals surface area contributed by atoms with Gasteiger partial charge in [0, 0.05) is 11.8 Å². The van der Waals surface area contributed by atoms with Gasteiger partial charge in [0.1, 0.15) is 5.60 Å². The van der Waals surface area contributed by atoms with E-state index in [4.69, 9.17) is 30.5 Å². The number of hydrogen-bond acceptors (Lipinski definition) is 6. The minimum absolute atomic E-state index is 0.0540. The number of aliphatic hydroxyl groups excluding tert-OH is 1. The second-order valence-corrected chi connectivity index (χ2v) is 12.6. The molecule has 0 aromatic carbocycles. The fraction of sp³-hybridized carbons (Fsp3) is 1.00. The highest BCUT2D eigenvalue weighted by atomic mass is 35.5. The quantitative estimate of drug-likeness (QED) is 0.571. The topological polar surface area (TPSA) is 77.4 Å². The fourth-order valence-corrected chi connectivity index (χ4v) is 10.3. The summed E-state index contributed by atoms with van der Waals surface area (Å²) in [5.74, 6) is -0.499. The summed E-state index contributed by atoms with van der Waals surface area (Å²) >= 11 is 7.11. The van der Waals surface area contributed by atoms with Gasteiger partial charge in [-0.3, -0.25) is 0 Å². The van der Waals surface area contributed by atoms with Crippen LogP contribution in [0.2, 0.25) is 0 Å². The summed E-state index contributed by atoms with van der Waals surface area (Å²) in [6.45, 7) is 8.67. The van der Waals surface area contributed by atoms with E-state index in [2.05, 4.69) is 13.8 Å². The lowest BCUT2D eigenvalue weighted by Crippen LogP contribution is -2.68. The Morgan fingerprint density at radius 3 is 2.16 bits per heavy atom.